The lowest BCUT2D eigenvalue weighted by Crippen LogP contribution is -2.23. The number of benzene rings is 3. The van der Waals surface area contributed by atoms with Crippen LogP contribution in [-0.2, 0) is 16.6 Å². The topological polar surface area (TPSA) is 93.7 Å². The smallest absolute Gasteiger partial charge is 0.262 e. The molecule has 31 heavy (non-hydrogen) atoms. The summed E-state index contributed by atoms with van der Waals surface area (Å²) in [6.45, 7) is 0.760. The number of anilines is 1. The Morgan fingerprint density at radius 2 is 1.71 bits per heavy atom. The van der Waals surface area contributed by atoms with Crippen molar-refractivity contribution in [3.8, 4) is 11.5 Å². The van der Waals surface area contributed by atoms with Crippen LogP contribution in [0.3, 0.4) is 0 Å². The van der Waals surface area contributed by atoms with Gasteiger partial charge in [0.25, 0.3) is 15.9 Å². The molecule has 4 rings (SSSR count). The first-order valence-corrected chi connectivity index (χ1v) is 10.9. The number of sulfonamides is 1. The fourth-order valence-corrected chi connectivity index (χ4v) is 4.11. The van der Waals surface area contributed by atoms with Crippen molar-refractivity contribution in [3.05, 3.63) is 83.7 Å². The minimum Gasteiger partial charge on any atom is -0.486 e. The summed E-state index contributed by atoms with van der Waals surface area (Å²) in [6.07, 6.45) is 0. The number of carbonyl (C=O) groups excluding carboxylic acids is 1. The monoisotopic (exact) mass is 442 g/mol. The Labute approximate surface area is 178 Å². The maximum absolute atomic E-state index is 13.7. The Morgan fingerprint density at radius 1 is 0.935 bits per heavy atom. The van der Waals surface area contributed by atoms with Gasteiger partial charge in [0.05, 0.1) is 4.90 Å². The average Bonchev–Trinajstić information content (AvgIpc) is 2.78. The second-order valence-electron chi connectivity index (χ2n) is 6.77. The van der Waals surface area contributed by atoms with Crippen molar-refractivity contribution < 1.29 is 27.1 Å². The summed E-state index contributed by atoms with van der Waals surface area (Å²) < 4.78 is 52.5. The van der Waals surface area contributed by atoms with Gasteiger partial charge in [-0.15, -0.1) is 0 Å². The van der Waals surface area contributed by atoms with E-state index in [0.717, 1.165) is 0 Å². The maximum Gasteiger partial charge on any atom is 0.262 e. The van der Waals surface area contributed by atoms with Gasteiger partial charge in [0.1, 0.15) is 19.0 Å². The Balaban J connectivity index is 1.47. The van der Waals surface area contributed by atoms with E-state index >= 15 is 0 Å². The van der Waals surface area contributed by atoms with Gasteiger partial charge < -0.3 is 14.8 Å². The highest BCUT2D eigenvalue weighted by Gasteiger charge is 2.20. The largest absolute Gasteiger partial charge is 0.486 e. The van der Waals surface area contributed by atoms with Crippen LogP contribution >= 0.6 is 0 Å². The molecular weight excluding hydrogens is 423 g/mol. The number of amides is 1. The summed E-state index contributed by atoms with van der Waals surface area (Å²) in [5, 5.41) is 2.63. The molecule has 3 aromatic carbocycles. The Kier molecular flexibility index (Phi) is 5.77. The van der Waals surface area contributed by atoms with Gasteiger partial charge in [-0.25, -0.2) is 12.8 Å². The number of halogens is 1. The normalized spacial score (nSPS) is 12.8. The van der Waals surface area contributed by atoms with E-state index in [1.54, 1.807) is 30.3 Å². The molecular formula is C22H19FN2O5S. The predicted molar refractivity (Wildman–Crippen MR) is 112 cm³/mol. The molecule has 0 spiro atoms. The van der Waals surface area contributed by atoms with E-state index < -0.39 is 21.7 Å². The molecule has 0 atom stereocenters. The number of hydrogen-bond donors (Lipinski definition) is 2. The lowest BCUT2D eigenvalue weighted by atomic mass is 10.1. The second kappa shape index (κ2) is 8.65. The van der Waals surface area contributed by atoms with E-state index in [-0.39, 0.29) is 22.7 Å². The SMILES string of the molecule is O=C(NCc1ccccc1F)c1cccc(NS(=O)(=O)c2ccc3c(c2)OCCO3)c1. The minimum atomic E-state index is -3.92. The highest BCUT2D eigenvalue weighted by Crippen LogP contribution is 2.32. The summed E-state index contributed by atoms with van der Waals surface area (Å²) in [6, 6.07) is 16.5. The lowest BCUT2D eigenvalue weighted by Gasteiger charge is -2.19. The molecule has 9 heteroatoms. The molecule has 0 saturated carbocycles. The fraction of sp³-hybridized carbons (Fsp3) is 0.136. The van der Waals surface area contributed by atoms with Crippen LogP contribution in [0.5, 0.6) is 11.5 Å². The molecule has 1 aliphatic heterocycles. The standard InChI is InChI=1S/C22H19FN2O5S/c23-19-7-2-1-4-16(19)14-24-22(26)15-5-3-6-17(12-15)25-31(27,28)18-8-9-20-21(13-18)30-11-10-29-20/h1-9,12-13,25H,10-11,14H2,(H,24,26). The molecule has 1 amide bonds. The van der Waals surface area contributed by atoms with E-state index in [2.05, 4.69) is 10.0 Å². The first kappa shape index (κ1) is 20.7. The molecule has 0 fully saturated rings. The van der Waals surface area contributed by atoms with Crippen LogP contribution in [0.1, 0.15) is 15.9 Å². The Bertz CT molecular complexity index is 1230. The van der Waals surface area contributed by atoms with Crippen molar-refractivity contribution in [1.82, 2.24) is 5.32 Å². The number of ether oxygens (including phenoxy) is 2. The molecule has 7 nitrogen and oxygen atoms in total. The summed E-state index contributed by atoms with van der Waals surface area (Å²) in [7, 11) is -3.92. The van der Waals surface area contributed by atoms with Crippen LogP contribution in [0, 0.1) is 5.82 Å². The first-order valence-electron chi connectivity index (χ1n) is 9.46. The molecule has 0 unspecified atom stereocenters. The molecule has 1 heterocycles. The number of fused-ring (bicyclic) bond motifs is 1. The average molecular weight is 442 g/mol. The molecule has 0 bridgehead atoms. The van der Waals surface area contributed by atoms with Crippen molar-refractivity contribution >= 4 is 21.6 Å². The molecule has 0 aliphatic carbocycles. The van der Waals surface area contributed by atoms with Gasteiger partial charge in [-0.2, -0.15) is 0 Å². The predicted octanol–water partition coefficient (Wildman–Crippen LogP) is 3.33. The van der Waals surface area contributed by atoms with E-state index in [1.165, 1.54) is 36.4 Å². The molecule has 0 radical (unpaired) electrons. The van der Waals surface area contributed by atoms with Crippen LogP contribution in [0.25, 0.3) is 0 Å². The fourth-order valence-electron chi connectivity index (χ4n) is 3.05. The summed E-state index contributed by atoms with van der Waals surface area (Å²) in [5.41, 5.74) is 0.804. The highest BCUT2D eigenvalue weighted by molar-refractivity contribution is 7.92. The van der Waals surface area contributed by atoms with Gasteiger partial charge in [-0.05, 0) is 36.4 Å². The third-order valence-corrected chi connectivity index (χ3v) is 5.98. The van der Waals surface area contributed by atoms with E-state index in [1.807, 2.05) is 0 Å². The maximum atomic E-state index is 13.7. The van der Waals surface area contributed by atoms with Crippen molar-refractivity contribution in [3.63, 3.8) is 0 Å². The Morgan fingerprint density at radius 3 is 2.52 bits per heavy atom. The summed E-state index contributed by atoms with van der Waals surface area (Å²) in [4.78, 5) is 12.4. The van der Waals surface area contributed by atoms with Gasteiger partial charge in [-0.3, -0.25) is 9.52 Å². The number of nitrogens with one attached hydrogen (secondary N) is 2. The van der Waals surface area contributed by atoms with Crippen LogP contribution < -0.4 is 19.5 Å². The summed E-state index contributed by atoms with van der Waals surface area (Å²) >= 11 is 0. The quantitative estimate of drug-likeness (QED) is 0.611. The van der Waals surface area contributed by atoms with Gasteiger partial charge in [0.15, 0.2) is 11.5 Å². The van der Waals surface area contributed by atoms with Gasteiger partial charge >= 0.3 is 0 Å². The molecule has 160 valence electrons. The van der Waals surface area contributed by atoms with Gasteiger partial charge in [0, 0.05) is 29.4 Å². The zero-order valence-electron chi connectivity index (χ0n) is 16.3. The van der Waals surface area contributed by atoms with Crippen molar-refractivity contribution in [2.75, 3.05) is 17.9 Å². The van der Waals surface area contributed by atoms with E-state index in [0.29, 0.717) is 30.3 Å². The van der Waals surface area contributed by atoms with Gasteiger partial charge in [-0.1, -0.05) is 24.3 Å². The van der Waals surface area contributed by atoms with E-state index in [4.69, 9.17) is 9.47 Å². The van der Waals surface area contributed by atoms with E-state index in [9.17, 15) is 17.6 Å². The summed E-state index contributed by atoms with van der Waals surface area (Å²) in [5.74, 6) is -0.0264. The van der Waals surface area contributed by atoms with Crippen LogP contribution in [-0.4, -0.2) is 27.5 Å². The Hall–Kier alpha value is -3.59. The third-order valence-electron chi connectivity index (χ3n) is 4.60. The molecule has 0 saturated heterocycles. The minimum absolute atomic E-state index is 0.00570. The van der Waals surface area contributed by atoms with Crippen molar-refractivity contribution in [2.45, 2.75) is 11.4 Å². The number of carbonyl (C=O) groups is 1. The first-order chi connectivity index (χ1) is 14.9. The molecule has 2 N–H and O–H groups in total. The van der Waals surface area contributed by atoms with Crippen LogP contribution in [0.15, 0.2) is 71.6 Å². The zero-order valence-corrected chi connectivity index (χ0v) is 17.1. The molecule has 3 aromatic rings. The lowest BCUT2D eigenvalue weighted by molar-refractivity contribution is 0.0950. The molecule has 1 aliphatic rings. The van der Waals surface area contributed by atoms with Crippen LogP contribution in [0.2, 0.25) is 0 Å². The van der Waals surface area contributed by atoms with Crippen LogP contribution in [0.4, 0.5) is 10.1 Å². The highest BCUT2D eigenvalue weighted by atomic mass is 32.2. The van der Waals surface area contributed by atoms with Crippen molar-refractivity contribution in [1.29, 1.82) is 0 Å². The van der Waals surface area contributed by atoms with Crippen molar-refractivity contribution in [2.24, 2.45) is 0 Å². The molecule has 0 aromatic heterocycles. The zero-order chi connectivity index (χ0) is 21.8. The second-order valence-corrected chi connectivity index (χ2v) is 8.45. The third kappa shape index (κ3) is 4.77. The number of rotatable bonds is 6. The number of hydrogen-bond acceptors (Lipinski definition) is 5. The van der Waals surface area contributed by atoms with Gasteiger partial charge in [0.2, 0.25) is 0 Å².